The van der Waals surface area contributed by atoms with E-state index in [-0.39, 0.29) is 0 Å². The van der Waals surface area contributed by atoms with Crippen molar-refractivity contribution >= 4 is 11.5 Å². The molecule has 1 N–H and O–H groups in total. The molecule has 1 heterocycles. The van der Waals surface area contributed by atoms with Gasteiger partial charge < -0.3 is 5.32 Å². The zero-order valence-corrected chi connectivity index (χ0v) is 11.7. The largest absolute Gasteiger partial charge is 0.339 e. The maximum absolute atomic E-state index is 9.34. The first-order valence-corrected chi connectivity index (χ1v) is 7.07. The summed E-state index contributed by atoms with van der Waals surface area (Å²) in [5.41, 5.74) is 4.56. The standard InChI is InChI=1S/C18H15N3/c1-2-13-6-5-8-16(10-13)20-18-15(12-19)11-14-7-3-4-9-17(14)21-18/h1,5-6,8,10-11H,3-4,7,9H2,(H,20,21). The van der Waals surface area contributed by atoms with Crippen LogP contribution in [0.5, 0.6) is 0 Å². The highest BCUT2D eigenvalue weighted by atomic mass is 15.0. The molecule has 0 saturated heterocycles. The number of aromatic nitrogens is 1. The van der Waals surface area contributed by atoms with Crippen molar-refractivity contribution in [1.29, 1.82) is 5.26 Å². The summed E-state index contributed by atoms with van der Waals surface area (Å²) in [6, 6.07) is 11.8. The molecular formula is C18H15N3. The van der Waals surface area contributed by atoms with Crippen LogP contribution in [0.2, 0.25) is 0 Å². The number of benzene rings is 1. The monoisotopic (exact) mass is 273 g/mol. The van der Waals surface area contributed by atoms with Gasteiger partial charge in [-0.3, -0.25) is 0 Å². The third-order valence-electron chi connectivity index (χ3n) is 3.71. The Hall–Kier alpha value is -2.78. The molecule has 2 aromatic rings. The van der Waals surface area contributed by atoms with Gasteiger partial charge in [-0.15, -0.1) is 6.42 Å². The van der Waals surface area contributed by atoms with Crippen LogP contribution in [0.4, 0.5) is 11.5 Å². The van der Waals surface area contributed by atoms with E-state index in [0.717, 1.165) is 36.2 Å². The Kier molecular flexibility index (Phi) is 3.58. The lowest BCUT2D eigenvalue weighted by Crippen LogP contribution is -2.09. The first-order chi connectivity index (χ1) is 10.3. The number of nitrogens with one attached hydrogen (secondary N) is 1. The number of fused-ring (bicyclic) bond motifs is 1. The predicted octanol–water partition coefficient (Wildman–Crippen LogP) is 3.56. The number of aryl methyl sites for hydroxylation is 2. The van der Waals surface area contributed by atoms with Gasteiger partial charge in [-0.2, -0.15) is 5.26 Å². The highest BCUT2D eigenvalue weighted by Crippen LogP contribution is 2.26. The molecule has 0 fully saturated rings. The number of terminal acetylenes is 1. The molecule has 3 rings (SSSR count). The Morgan fingerprint density at radius 1 is 1.19 bits per heavy atom. The summed E-state index contributed by atoms with van der Waals surface area (Å²) >= 11 is 0. The average Bonchev–Trinajstić information content (AvgIpc) is 2.54. The van der Waals surface area contributed by atoms with E-state index in [1.165, 1.54) is 12.0 Å². The molecule has 3 heteroatoms. The highest BCUT2D eigenvalue weighted by Gasteiger charge is 2.15. The number of nitriles is 1. The second-order valence-electron chi connectivity index (χ2n) is 5.16. The summed E-state index contributed by atoms with van der Waals surface area (Å²) < 4.78 is 0. The number of hydrogen-bond donors (Lipinski definition) is 1. The van der Waals surface area contributed by atoms with Gasteiger partial charge in [-0.05, 0) is 55.5 Å². The van der Waals surface area contributed by atoms with Crippen molar-refractivity contribution in [3.05, 3.63) is 52.7 Å². The van der Waals surface area contributed by atoms with Crippen LogP contribution in [0.25, 0.3) is 0 Å². The molecule has 0 aliphatic heterocycles. The maximum atomic E-state index is 9.34. The molecule has 0 saturated carbocycles. The van der Waals surface area contributed by atoms with Crippen LogP contribution in [0, 0.1) is 23.7 Å². The van der Waals surface area contributed by atoms with Gasteiger partial charge in [-0.1, -0.05) is 12.0 Å². The fraction of sp³-hybridized carbons (Fsp3) is 0.222. The molecule has 0 bridgehead atoms. The first-order valence-electron chi connectivity index (χ1n) is 7.07. The topological polar surface area (TPSA) is 48.7 Å². The zero-order chi connectivity index (χ0) is 14.7. The molecule has 0 spiro atoms. The van der Waals surface area contributed by atoms with Crippen LogP contribution < -0.4 is 5.32 Å². The average molecular weight is 273 g/mol. The molecule has 1 aromatic heterocycles. The Morgan fingerprint density at radius 2 is 2.05 bits per heavy atom. The molecule has 0 atom stereocenters. The normalized spacial score (nSPS) is 12.9. The second kappa shape index (κ2) is 5.69. The molecule has 21 heavy (non-hydrogen) atoms. The van der Waals surface area contributed by atoms with Gasteiger partial charge in [0.2, 0.25) is 0 Å². The van der Waals surface area contributed by atoms with Crippen molar-refractivity contribution in [2.24, 2.45) is 0 Å². The van der Waals surface area contributed by atoms with Crippen molar-refractivity contribution in [2.45, 2.75) is 25.7 Å². The lowest BCUT2D eigenvalue weighted by Gasteiger charge is -2.17. The van der Waals surface area contributed by atoms with Gasteiger partial charge >= 0.3 is 0 Å². The van der Waals surface area contributed by atoms with E-state index in [9.17, 15) is 5.26 Å². The minimum absolute atomic E-state index is 0.585. The van der Waals surface area contributed by atoms with Crippen LogP contribution in [-0.2, 0) is 12.8 Å². The summed E-state index contributed by atoms with van der Waals surface area (Å²) in [5.74, 6) is 3.22. The van der Waals surface area contributed by atoms with Crippen molar-refractivity contribution in [2.75, 3.05) is 5.32 Å². The van der Waals surface area contributed by atoms with Crippen LogP contribution >= 0.6 is 0 Å². The van der Waals surface area contributed by atoms with E-state index in [2.05, 4.69) is 22.3 Å². The molecule has 3 nitrogen and oxygen atoms in total. The summed E-state index contributed by atoms with van der Waals surface area (Å²) in [5, 5.41) is 12.6. The molecule has 0 unspecified atom stereocenters. The van der Waals surface area contributed by atoms with Crippen LogP contribution in [0.15, 0.2) is 30.3 Å². The van der Waals surface area contributed by atoms with E-state index in [4.69, 9.17) is 6.42 Å². The molecule has 1 aromatic carbocycles. The maximum Gasteiger partial charge on any atom is 0.148 e. The predicted molar refractivity (Wildman–Crippen MR) is 83.3 cm³/mol. The smallest absolute Gasteiger partial charge is 0.148 e. The van der Waals surface area contributed by atoms with Crippen molar-refractivity contribution in [3.63, 3.8) is 0 Å². The molecular weight excluding hydrogens is 258 g/mol. The third kappa shape index (κ3) is 2.73. The van der Waals surface area contributed by atoms with Gasteiger partial charge in [0.15, 0.2) is 0 Å². The van der Waals surface area contributed by atoms with E-state index >= 15 is 0 Å². The Balaban J connectivity index is 1.98. The van der Waals surface area contributed by atoms with E-state index in [1.54, 1.807) is 0 Å². The first kappa shape index (κ1) is 13.2. The second-order valence-corrected chi connectivity index (χ2v) is 5.16. The Bertz CT molecular complexity index is 763. The molecule has 1 aliphatic carbocycles. The summed E-state index contributed by atoms with van der Waals surface area (Å²) in [4.78, 5) is 4.65. The van der Waals surface area contributed by atoms with Crippen LogP contribution in [-0.4, -0.2) is 4.98 Å². The molecule has 0 radical (unpaired) electrons. The van der Waals surface area contributed by atoms with Gasteiger partial charge in [0.1, 0.15) is 11.9 Å². The molecule has 1 aliphatic rings. The summed E-state index contributed by atoms with van der Waals surface area (Å²) in [7, 11) is 0. The number of pyridine rings is 1. The minimum atomic E-state index is 0.585. The Labute approximate surface area is 124 Å². The van der Waals surface area contributed by atoms with Crippen molar-refractivity contribution in [3.8, 4) is 18.4 Å². The van der Waals surface area contributed by atoms with E-state index in [1.807, 2.05) is 30.3 Å². The van der Waals surface area contributed by atoms with Gasteiger partial charge in [0.25, 0.3) is 0 Å². The van der Waals surface area contributed by atoms with Crippen molar-refractivity contribution in [1.82, 2.24) is 4.98 Å². The quantitative estimate of drug-likeness (QED) is 0.851. The molecule has 0 amide bonds. The number of anilines is 2. The van der Waals surface area contributed by atoms with Gasteiger partial charge in [-0.25, -0.2) is 4.98 Å². The van der Waals surface area contributed by atoms with Crippen LogP contribution in [0.3, 0.4) is 0 Å². The lowest BCUT2D eigenvalue weighted by molar-refractivity contribution is 0.668. The van der Waals surface area contributed by atoms with Gasteiger partial charge in [0, 0.05) is 16.9 Å². The fourth-order valence-electron chi connectivity index (χ4n) is 2.64. The van der Waals surface area contributed by atoms with Gasteiger partial charge in [0.05, 0.1) is 5.56 Å². The number of nitrogens with zero attached hydrogens (tertiary/aromatic N) is 2. The van der Waals surface area contributed by atoms with E-state index in [0.29, 0.717) is 11.4 Å². The van der Waals surface area contributed by atoms with Crippen LogP contribution in [0.1, 0.15) is 35.2 Å². The Morgan fingerprint density at radius 3 is 2.86 bits per heavy atom. The SMILES string of the molecule is C#Cc1cccc(Nc2nc3c(cc2C#N)CCCC3)c1. The highest BCUT2D eigenvalue weighted by molar-refractivity contribution is 5.65. The third-order valence-corrected chi connectivity index (χ3v) is 3.71. The lowest BCUT2D eigenvalue weighted by atomic mass is 9.95. The molecule has 102 valence electrons. The minimum Gasteiger partial charge on any atom is -0.339 e. The summed E-state index contributed by atoms with van der Waals surface area (Å²) in [6.45, 7) is 0. The fourth-order valence-corrected chi connectivity index (χ4v) is 2.64. The zero-order valence-electron chi connectivity index (χ0n) is 11.7. The van der Waals surface area contributed by atoms with E-state index < -0.39 is 0 Å². The summed E-state index contributed by atoms with van der Waals surface area (Å²) in [6.07, 6.45) is 9.76. The number of rotatable bonds is 2. The number of hydrogen-bond acceptors (Lipinski definition) is 3. The van der Waals surface area contributed by atoms with Crippen molar-refractivity contribution < 1.29 is 0 Å².